The van der Waals surface area contributed by atoms with E-state index in [0.29, 0.717) is 5.69 Å². The fraction of sp³-hybridized carbons (Fsp3) is 0.133. The summed E-state index contributed by atoms with van der Waals surface area (Å²) in [5.74, 6) is -1.12. The summed E-state index contributed by atoms with van der Waals surface area (Å²) in [6, 6.07) is 8.93. The van der Waals surface area contributed by atoms with E-state index in [1.54, 1.807) is 0 Å². The van der Waals surface area contributed by atoms with Crippen LogP contribution in [0.15, 0.2) is 42.5 Å². The lowest BCUT2D eigenvalue weighted by Crippen LogP contribution is -2.20. The molecule has 0 saturated carbocycles. The molecule has 0 heterocycles. The minimum Gasteiger partial charge on any atom is -0.483 e. The molecule has 0 radical (unpaired) electrons. The molecule has 2 N–H and O–H groups in total. The van der Waals surface area contributed by atoms with Gasteiger partial charge in [-0.15, -0.1) is 0 Å². The van der Waals surface area contributed by atoms with E-state index in [9.17, 15) is 13.6 Å². The van der Waals surface area contributed by atoms with Crippen LogP contribution in [0.2, 0.25) is 0 Å². The van der Waals surface area contributed by atoms with Gasteiger partial charge in [0.15, 0.2) is 6.61 Å². The molecule has 0 aliphatic carbocycles. The number of aliphatic hydroxyl groups is 1. The molecule has 2 aromatic carbocycles. The number of carbonyl (C=O) groups excluding carboxylic acids is 1. The molecule has 2 rings (SSSR count). The number of hydrogen-bond acceptors (Lipinski definition) is 3. The number of ether oxygens (including phenoxy) is 1. The van der Waals surface area contributed by atoms with Crippen LogP contribution in [0.4, 0.5) is 14.5 Å². The molecular formula is C15H13F2NO3. The third-order valence-corrected chi connectivity index (χ3v) is 2.68. The average molecular weight is 293 g/mol. The number of benzene rings is 2. The van der Waals surface area contributed by atoms with Crippen LogP contribution in [0.3, 0.4) is 0 Å². The highest BCUT2D eigenvalue weighted by Gasteiger charge is 2.08. The molecule has 0 fully saturated rings. The summed E-state index contributed by atoms with van der Waals surface area (Å²) in [6.45, 7) is -0.706. The Morgan fingerprint density at radius 3 is 2.43 bits per heavy atom. The fourth-order valence-corrected chi connectivity index (χ4v) is 1.69. The summed E-state index contributed by atoms with van der Waals surface area (Å²) < 4.78 is 30.9. The lowest BCUT2D eigenvalue weighted by atomic mass is 10.2. The van der Waals surface area contributed by atoms with Gasteiger partial charge < -0.3 is 15.2 Å². The summed E-state index contributed by atoms with van der Waals surface area (Å²) in [4.78, 5) is 11.7. The molecule has 0 unspecified atom stereocenters. The van der Waals surface area contributed by atoms with Gasteiger partial charge in [-0.25, -0.2) is 8.78 Å². The second-order valence-corrected chi connectivity index (χ2v) is 4.25. The Balaban J connectivity index is 1.93. The predicted octanol–water partition coefficient (Wildman–Crippen LogP) is 2.47. The van der Waals surface area contributed by atoms with E-state index in [2.05, 4.69) is 5.32 Å². The second-order valence-electron chi connectivity index (χ2n) is 4.25. The molecule has 6 heteroatoms. The van der Waals surface area contributed by atoms with Crippen molar-refractivity contribution in [2.75, 3.05) is 11.9 Å². The second kappa shape index (κ2) is 6.81. The van der Waals surface area contributed by atoms with Crippen molar-refractivity contribution in [1.29, 1.82) is 0 Å². The zero-order valence-electron chi connectivity index (χ0n) is 11.0. The van der Waals surface area contributed by atoms with Crippen molar-refractivity contribution in [3.63, 3.8) is 0 Å². The van der Waals surface area contributed by atoms with Crippen LogP contribution in [0.5, 0.6) is 5.75 Å². The number of anilines is 1. The molecule has 0 atom stereocenters. The third-order valence-electron chi connectivity index (χ3n) is 2.68. The summed E-state index contributed by atoms with van der Waals surface area (Å²) in [7, 11) is 0. The molecule has 0 saturated heterocycles. The van der Waals surface area contributed by atoms with Gasteiger partial charge in [0.1, 0.15) is 17.4 Å². The normalized spacial score (nSPS) is 10.2. The quantitative estimate of drug-likeness (QED) is 0.890. The van der Waals surface area contributed by atoms with Gasteiger partial charge in [0, 0.05) is 11.3 Å². The number of carbonyl (C=O) groups is 1. The van der Waals surface area contributed by atoms with Crippen LogP contribution in [0.1, 0.15) is 5.56 Å². The van der Waals surface area contributed by atoms with Crippen molar-refractivity contribution >= 4 is 11.6 Å². The Kier molecular flexibility index (Phi) is 4.84. The highest BCUT2D eigenvalue weighted by molar-refractivity contribution is 5.91. The maximum atomic E-state index is 13.0. The minimum absolute atomic E-state index is 0.230. The van der Waals surface area contributed by atoms with E-state index in [1.165, 1.54) is 36.4 Å². The van der Waals surface area contributed by atoms with Gasteiger partial charge in [-0.1, -0.05) is 0 Å². The van der Waals surface area contributed by atoms with Crippen LogP contribution < -0.4 is 10.1 Å². The zero-order chi connectivity index (χ0) is 15.2. The molecule has 0 aliphatic rings. The van der Waals surface area contributed by atoms with Crippen molar-refractivity contribution in [2.45, 2.75) is 6.61 Å². The van der Waals surface area contributed by atoms with Crippen molar-refractivity contribution in [1.82, 2.24) is 0 Å². The topological polar surface area (TPSA) is 58.6 Å². The Bertz CT molecular complexity index is 629. The Morgan fingerprint density at radius 1 is 1.10 bits per heavy atom. The van der Waals surface area contributed by atoms with Crippen LogP contribution in [0.25, 0.3) is 0 Å². The maximum Gasteiger partial charge on any atom is 0.262 e. The van der Waals surface area contributed by atoms with E-state index >= 15 is 0 Å². The number of halogens is 2. The number of rotatable bonds is 5. The molecule has 4 nitrogen and oxygen atoms in total. The number of aliphatic hydroxyl groups excluding tert-OH is 1. The van der Waals surface area contributed by atoms with Gasteiger partial charge in [-0.05, 0) is 42.5 Å². The van der Waals surface area contributed by atoms with Gasteiger partial charge in [-0.2, -0.15) is 0 Å². The van der Waals surface area contributed by atoms with Gasteiger partial charge >= 0.3 is 0 Å². The molecule has 2 aromatic rings. The Morgan fingerprint density at radius 2 is 1.76 bits per heavy atom. The first-order chi connectivity index (χ1) is 10.1. The molecule has 0 bridgehead atoms. The highest BCUT2D eigenvalue weighted by Crippen LogP contribution is 2.19. The van der Waals surface area contributed by atoms with E-state index in [-0.39, 0.29) is 17.9 Å². The summed E-state index contributed by atoms with van der Waals surface area (Å²) in [5, 5.41) is 11.6. The summed E-state index contributed by atoms with van der Waals surface area (Å²) in [6.07, 6.45) is 0. The average Bonchev–Trinajstić information content (AvgIpc) is 2.48. The third kappa shape index (κ3) is 4.25. The van der Waals surface area contributed by atoms with Crippen molar-refractivity contribution in [3.8, 4) is 5.75 Å². The first kappa shape index (κ1) is 14.9. The smallest absolute Gasteiger partial charge is 0.262 e. The van der Waals surface area contributed by atoms with Crippen molar-refractivity contribution in [3.05, 3.63) is 59.7 Å². The first-order valence-corrected chi connectivity index (χ1v) is 6.16. The van der Waals surface area contributed by atoms with E-state index < -0.39 is 24.1 Å². The van der Waals surface area contributed by atoms with E-state index in [4.69, 9.17) is 9.84 Å². The predicted molar refractivity (Wildman–Crippen MR) is 72.8 cm³/mol. The lowest BCUT2D eigenvalue weighted by molar-refractivity contribution is -0.118. The van der Waals surface area contributed by atoms with Gasteiger partial charge in [0.25, 0.3) is 5.91 Å². The fourth-order valence-electron chi connectivity index (χ4n) is 1.69. The van der Waals surface area contributed by atoms with E-state index in [0.717, 1.165) is 6.07 Å². The largest absolute Gasteiger partial charge is 0.483 e. The molecule has 0 spiro atoms. The zero-order valence-corrected chi connectivity index (χ0v) is 11.0. The molecule has 0 aromatic heterocycles. The minimum atomic E-state index is -0.498. The maximum absolute atomic E-state index is 13.0. The number of amides is 1. The van der Waals surface area contributed by atoms with Gasteiger partial charge in [0.05, 0.1) is 6.61 Å². The first-order valence-electron chi connectivity index (χ1n) is 6.16. The number of hydrogen-bond donors (Lipinski definition) is 2. The van der Waals surface area contributed by atoms with Gasteiger partial charge in [0.2, 0.25) is 0 Å². The Hall–Kier alpha value is -2.47. The SMILES string of the molecule is O=C(COc1ccc(F)cc1CO)Nc1ccc(F)cc1. The summed E-state index contributed by atoms with van der Waals surface area (Å²) >= 11 is 0. The van der Waals surface area contributed by atoms with Gasteiger partial charge in [-0.3, -0.25) is 4.79 Å². The van der Waals surface area contributed by atoms with Crippen molar-refractivity contribution < 1.29 is 23.4 Å². The van der Waals surface area contributed by atoms with E-state index in [1.807, 2.05) is 0 Å². The highest BCUT2D eigenvalue weighted by atomic mass is 19.1. The van der Waals surface area contributed by atoms with Crippen LogP contribution in [0, 0.1) is 11.6 Å². The monoisotopic (exact) mass is 293 g/mol. The summed E-state index contributed by atoms with van der Waals surface area (Å²) in [5.41, 5.74) is 0.691. The molecule has 21 heavy (non-hydrogen) atoms. The Labute approximate surface area is 120 Å². The molecule has 1 amide bonds. The van der Waals surface area contributed by atoms with Crippen LogP contribution in [-0.4, -0.2) is 17.6 Å². The lowest BCUT2D eigenvalue weighted by Gasteiger charge is -2.10. The standard InChI is InChI=1S/C15H13F2NO3/c16-11-1-4-13(5-2-11)18-15(20)9-21-14-6-3-12(17)7-10(14)8-19/h1-7,19H,8-9H2,(H,18,20). The molecular weight excluding hydrogens is 280 g/mol. The van der Waals surface area contributed by atoms with Crippen LogP contribution >= 0.6 is 0 Å². The molecule has 110 valence electrons. The number of nitrogens with one attached hydrogen (secondary N) is 1. The van der Waals surface area contributed by atoms with Crippen LogP contribution in [-0.2, 0) is 11.4 Å². The molecule has 0 aliphatic heterocycles. The van der Waals surface area contributed by atoms with Crippen molar-refractivity contribution in [2.24, 2.45) is 0 Å².